The van der Waals surface area contributed by atoms with Crippen LogP contribution < -0.4 is 5.38 Å². The molecule has 1 aromatic heterocycles. The molecule has 0 saturated carbocycles. The highest BCUT2D eigenvalue weighted by Crippen LogP contribution is 2.37. The van der Waals surface area contributed by atoms with E-state index in [1.54, 1.807) is 0 Å². The average molecular weight is 274 g/mol. The maximum absolute atomic E-state index is 12.0. The lowest BCUT2D eigenvalue weighted by molar-refractivity contribution is 0.0379. The molecule has 0 spiro atoms. The predicted octanol–water partition coefficient (Wildman–Crippen LogP) is 3.60. The SMILES string of the molecule is CC[C@H]1OC(=O)c2c1ccc1cc([Si](C)(C)C)oc21. The summed E-state index contributed by atoms with van der Waals surface area (Å²) in [5.41, 5.74) is 2.31. The summed E-state index contributed by atoms with van der Waals surface area (Å²) in [5.74, 6) is -0.246. The number of cyclic esters (lactones) is 1. The minimum Gasteiger partial charge on any atom is -0.465 e. The Hall–Kier alpha value is -1.55. The molecule has 19 heavy (non-hydrogen) atoms. The quantitative estimate of drug-likeness (QED) is 0.620. The van der Waals surface area contributed by atoms with E-state index in [-0.39, 0.29) is 12.1 Å². The first-order chi connectivity index (χ1) is 8.91. The normalized spacial score (nSPS) is 18.7. The fraction of sp³-hybridized carbons (Fsp3) is 0.400. The molecule has 3 nitrogen and oxygen atoms in total. The monoisotopic (exact) mass is 274 g/mol. The highest BCUT2D eigenvalue weighted by Gasteiger charge is 2.34. The highest BCUT2D eigenvalue weighted by molar-refractivity contribution is 6.87. The Labute approximate surface area is 113 Å². The van der Waals surface area contributed by atoms with E-state index in [9.17, 15) is 4.79 Å². The molecule has 0 amide bonds. The average Bonchev–Trinajstić information content (AvgIpc) is 2.89. The molecule has 1 aliphatic heterocycles. The minimum absolute atomic E-state index is 0.118. The summed E-state index contributed by atoms with van der Waals surface area (Å²) in [6, 6.07) is 6.11. The van der Waals surface area contributed by atoms with Crippen molar-refractivity contribution in [3.63, 3.8) is 0 Å². The van der Waals surface area contributed by atoms with Crippen molar-refractivity contribution in [2.45, 2.75) is 39.1 Å². The molecule has 0 bridgehead atoms. The third kappa shape index (κ3) is 1.82. The molecule has 0 radical (unpaired) electrons. The van der Waals surface area contributed by atoms with E-state index in [1.165, 1.54) is 0 Å². The summed E-state index contributed by atoms with van der Waals surface area (Å²) in [5, 5.41) is 2.04. The van der Waals surface area contributed by atoms with Gasteiger partial charge in [0.1, 0.15) is 25.3 Å². The number of esters is 1. The van der Waals surface area contributed by atoms with Crippen molar-refractivity contribution < 1.29 is 13.9 Å². The van der Waals surface area contributed by atoms with Gasteiger partial charge in [-0.1, -0.05) is 38.7 Å². The Morgan fingerprint density at radius 1 is 1.26 bits per heavy atom. The van der Waals surface area contributed by atoms with Crippen LogP contribution in [0.2, 0.25) is 19.6 Å². The zero-order valence-corrected chi connectivity index (χ0v) is 12.7. The number of carbonyl (C=O) groups excluding carboxylic acids is 1. The first kappa shape index (κ1) is 12.5. The van der Waals surface area contributed by atoms with Gasteiger partial charge < -0.3 is 9.15 Å². The number of hydrogen-bond acceptors (Lipinski definition) is 3. The van der Waals surface area contributed by atoms with E-state index >= 15 is 0 Å². The van der Waals surface area contributed by atoms with Gasteiger partial charge in [-0.25, -0.2) is 4.79 Å². The van der Waals surface area contributed by atoms with Crippen molar-refractivity contribution in [3.8, 4) is 0 Å². The summed E-state index contributed by atoms with van der Waals surface area (Å²) >= 11 is 0. The Morgan fingerprint density at radius 3 is 2.63 bits per heavy atom. The lowest BCUT2D eigenvalue weighted by Gasteiger charge is -2.10. The van der Waals surface area contributed by atoms with Gasteiger partial charge >= 0.3 is 5.97 Å². The van der Waals surface area contributed by atoms with E-state index in [0.717, 1.165) is 22.8 Å². The van der Waals surface area contributed by atoms with Crippen molar-refractivity contribution in [2.75, 3.05) is 0 Å². The van der Waals surface area contributed by atoms with Crippen LogP contribution in [0.25, 0.3) is 11.0 Å². The summed E-state index contributed by atoms with van der Waals surface area (Å²) in [6.45, 7) is 8.72. The van der Waals surface area contributed by atoms with Crippen LogP contribution in [-0.4, -0.2) is 14.0 Å². The van der Waals surface area contributed by atoms with Crippen molar-refractivity contribution in [3.05, 3.63) is 29.3 Å². The zero-order chi connectivity index (χ0) is 13.8. The molecular weight excluding hydrogens is 256 g/mol. The van der Waals surface area contributed by atoms with Crippen LogP contribution in [0.1, 0.15) is 35.4 Å². The molecule has 1 atom stereocenters. The molecule has 0 fully saturated rings. The lowest BCUT2D eigenvalue weighted by Crippen LogP contribution is -2.36. The van der Waals surface area contributed by atoms with E-state index in [4.69, 9.17) is 9.15 Å². The number of carbonyl (C=O) groups is 1. The molecule has 0 aliphatic carbocycles. The maximum Gasteiger partial charge on any atom is 0.343 e. The number of fused-ring (bicyclic) bond motifs is 3. The maximum atomic E-state index is 12.0. The highest BCUT2D eigenvalue weighted by atomic mass is 28.3. The molecule has 100 valence electrons. The summed E-state index contributed by atoms with van der Waals surface area (Å²) in [4.78, 5) is 12.0. The summed E-state index contributed by atoms with van der Waals surface area (Å²) in [7, 11) is -1.52. The van der Waals surface area contributed by atoms with Crippen LogP contribution in [0.5, 0.6) is 0 Å². The van der Waals surface area contributed by atoms with Crippen molar-refractivity contribution >= 4 is 30.4 Å². The largest absolute Gasteiger partial charge is 0.465 e. The van der Waals surface area contributed by atoms with Gasteiger partial charge in [-0.2, -0.15) is 0 Å². The van der Waals surface area contributed by atoms with Crippen LogP contribution >= 0.6 is 0 Å². The molecule has 0 saturated heterocycles. The number of hydrogen-bond donors (Lipinski definition) is 0. The van der Waals surface area contributed by atoms with E-state index < -0.39 is 8.07 Å². The van der Waals surface area contributed by atoms with Gasteiger partial charge in [0.15, 0.2) is 0 Å². The zero-order valence-electron chi connectivity index (χ0n) is 11.7. The Balaban J connectivity index is 2.26. The third-order valence-electron chi connectivity index (χ3n) is 3.63. The molecule has 1 aliphatic rings. The molecule has 2 heterocycles. The molecule has 1 aromatic carbocycles. The number of benzene rings is 1. The van der Waals surface area contributed by atoms with E-state index in [2.05, 4.69) is 25.7 Å². The Bertz CT molecular complexity index is 664. The first-order valence-corrected chi connectivity index (χ1v) is 10.2. The van der Waals surface area contributed by atoms with Crippen molar-refractivity contribution in [1.29, 1.82) is 0 Å². The van der Waals surface area contributed by atoms with E-state index in [0.29, 0.717) is 11.1 Å². The molecule has 0 unspecified atom stereocenters. The molecule has 0 N–H and O–H groups in total. The van der Waals surface area contributed by atoms with E-state index in [1.807, 2.05) is 19.1 Å². The molecule has 4 heteroatoms. The second-order valence-corrected chi connectivity index (χ2v) is 11.1. The van der Waals surface area contributed by atoms with Gasteiger partial charge in [0, 0.05) is 10.9 Å². The lowest BCUT2D eigenvalue weighted by atomic mass is 10.0. The Morgan fingerprint density at radius 2 is 2.00 bits per heavy atom. The van der Waals surface area contributed by atoms with Gasteiger partial charge in [0.25, 0.3) is 0 Å². The van der Waals surface area contributed by atoms with Crippen molar-refractivity contribution in [2.24, 2.45) is 0 Å². The van der Waals surface area contributed by atoms with Crippen LogP contribution in [0.3, 0.4) is 0 Å². The molecular formula is C15H18O3Si. The topological polar surface area (TPSA) is 39.4 Å². The summed E-state index contributed by atoms with van der Waals surface area (Å²) < 4.78 is 11.4. The fourth-order valence-corrected chi connectivity index (χ4v) is 3.52. The van der Waals surface area contributed by atoms with Crippen LogP contribution in [0.15, 0.2) is 22.6 Å². The number of rotatable bonds is 2. The minimum atomic E-state index is -1.52. The fourth-order valence-electron chi connectivity index (χ4n) is 2.52. The number of ether oxygens (including phenoxy) is 1. The van der Waals surface area contributed by atoms with Crippen LogP contribution in [0, 0.1) is 0 Å². The third-order valence-corrected chi connectivity index (χ3v) is 5.35. The smallest absolute Gasteiger partial charge is 0.343 e. The van der Waals surface area contributed by atoms with Gasteiger partial charge in [-0.05, 0) is 12.5 Å². The Kier molecular flexibility index (Phi) is 2.61. The summed E-state index contributed by atoms with van der Waals surface area (Å²) in [6.07, 6.45) is 0.679. The van der Waals surface area contributed by atoms with Crippen molar-refractivity contribution in [1.82, 2.24) is 0 Å². The number of furan rings is 1. The van der Waals surface area contributed by atoms with Crippen LogP contribution in [0.4, 0.5) is 0 Å². The predicted molar refractivity (Wildman–Crippen MR) is 77.6 cm³/mol. The van der Waals surface area contributed by atoms with Gasteiger partial charge in [-0.15, -0.1) is 0 Å². The van der Waals surface area contributed by atoms with Crippen LogP contribution in [-0.2, 0) is 4.74 Å². The second-order valence-electron chi connectivity index (χ2n) is 6.11. The molecule has 3 rings (SSSR count). The second kappa shape index (κ2) is 3.97. The standard InChI is InChI=1S/C15H18O3Si/c1-5-11-10-7-6-9-8-12(19(2,3)4)18-14(9)13(10)15(16)17-11/h6-8,11H,5H2,1-4H3/t11-/m1/s1. The van der Waals surface area contributed by atoms with Gasteiger partial charge in [0.2, 0.25) is 0 Å². The first-order valence-electron chi connectivity index (χ1n) is 6.69. The van der Waals surface area contributed by atoms with Gasteiger partial charge in [-0.3, -0.25) is 0 Å². The molecule has 2 aromatic rings. The van der Waals surface area contributed by atoms with Gasteiger partial charge in [0.05, 0.1) is 5.38 Å².